The average molecular weight is 413 g/mol. The van der Waals surface area contributed by atoms with Gasteiger partial charge < -0.3 is 4.74 Å². The molecule has 1 atom stereocenters. The molecule has 29 heavy (non-hydrogen) atoms. The van der Waals surface area contributed by atoms with Crippen molar-refractivity contribution in [1.82, 2.24) is 4.98 Å². The van der Waals surface area contributed by atoms with Crippen LogP contribution in [-0.4, -0.2) is 23.0 Å². The molecule has 1 amide bonds. The Labute approximate surface area is 168 Å². The highest BCUT2D eigenvalue weighted by atomic mass is 32.1. The number of amides is 1. The summed E-state index contributed by atoms with van der Waals surface area (Å²) in [7, 11) is 0. The molecule has 0 aliphatic rings. The fourth-order valence-corrected chi connectivity index (χ4v) is 3.01. The zero-order chi connectivity index (χ0) is 21.0. The van der Waals surface area contributed by atoms with E-state index in [-0.39, 0.29) is 10.7 Å². The fraction of sp³-hybridized carbons (Fsp3) is 0.100. The topological polar surface area (TPSA) is 92.1 Å². The number of aromatic nitrogens is 1. The standard InChI is InChI=1S/C20H13F2N3O3S/c1-11(28-19(27)13-4-2-12(9-23)3-5-13)18(26)25-20-24-17(10-29-20)14-6-7-15(21)16(22)8-14/h2-8,10-11H,1H3,(H,24,25,26)/t11-/m0/s1. The van der Waals surface area contributed by atoms with Gasteiger partial charge in [-0.2, -0.15) is 5.26 Å². The summed E-state index contributed by atoms with van der Waals surface area (Å²) in [6.07, 6.45) is -1.10. The summed E-state index contributed by atoms with van der Waals surface area (Å²) in [6, 6.07) is 11.1. The molecule has 2 aromatic carbocycles. The highest BCUT2D eigenvalue weighted by Crippen LogP contribution is 2.26. The van der Waals surface area contributed by atoms with Crippen molar-refractivity contribution in [3.05, 3.63) is 70.6 Å². The molecule has 6 nitrogen and oxygen atoms in total. The largest absolute Gasteiger partial charge is 0.449 e. The van der Waals surface area contributed by atoms with E-state index in [4.69, 9.17) is 10.00 Å². The van der Waals surface area contributed by atoms with Crippen molar-refractivity contribution >= 4 is 28.3 Å². The SMILES string of the molecule is C[C@H](OC(=O)c1ccc(C#N)cc1)C(=O)Nc1nc(-c2ccc(F)c(F)c2)cs1. The second kappa shape index (κ2) is 8.58. The van der Waals surface area contributed by atoms with Crippen LogP contribution < -0.4 is 5.32 Å². The Morgan fingerprint density at radius 2 is 1.90 bits per heavy atom. The molecule has 1 heterocycles. The van der Waals surface area contributed by atoms with E-state index in [0.29, 0.717) is 16.8 Å². The first-order valence-corrected chi connectivity index (χ1v) is 9.18. The van der Waals surface area contributed by atoms with E-state index >= 15 is 0 Å². The van der Waals surface area contributed by atoms with Crippen molar-refractivity contribution in [3.63, 3.8) is 0 Å². The number of nitrogens with one attached hydrogen (secondary N) is 1. The highest BCUT2D eigenvalue weighted by molar-refractivity contribution is 7.14. The van der Waals surface area contributed by atoms with Gasteiger partial charge >= 0.3 is 5.97 Å². The number of carbonyl (C=O) groups excluding carboxylic acids is 2. The Kier molecular flexibility index (Phi) is 5.95. The predicted molar refractivity (Wildman–Crippen MR) is 102 cm³/mol. The first-order valence-electron chi connectivity index (χ1n) is 8.30. The number of halogens is 2. The number of rotatable bonds is 5. The van der Waals surface area contributed by atoms with Gasteiger partial charge in [-0.3, -0.25) is 10.1 Å². The third-order valence-corrected chi connectivity index (χ3v) is 4.61. The Bertz CT molecular complexity index is 1110. The third kappa shape index (κ3) is 4.80. The molecule has 1 N–H and O–H groups in total. The summed E-state index contributed by atoms with van der Waals surface area (Å²) in [4.78, 5) is 28.5. The van der Waals surface area contributed by atoms with Gasteiger partial charge in [-0.15, -0.1) is 11.3 Å². The number of esters is 1. The maximum absolute atomic E-state index is 13.4. The van der Waals surface area contributed by atoms with Crippen molar-refractivity contribution in [2.24, 2.45) is 0 Å². The quantitative estimate of drug-likeness (QED) is 0.635. The molecule has 146 valence electrons. The van der Waals surface area contributed by atoms with E-state index in [1.54, 1.807) is 5.38 Å². The van der Waals surface area contributed by atoms with Gasteiger partial charge in [-0.05, 0) is 49.4 Å². The summed E-state index contributed by atoms with van der Waals surface area (Å²) < 4.78 is 31.5. The van der Waals surface area contributed by atoms with Crippen LogP contribution in [0.15, 0.2) is 47.8 Å². The van der Waals surface area contributed by atoms with E-state index in [1.807, 2.05) is 6.07 Å². The average Bonchev–Trinajstić information content (AvgIpc) is 3.18. The van der Waals surface area contributed by atoms with Crippen molar-refractivity contribution in [1.29, 1.82) is 5.26 Å². The number of anilines is 1. The second-order valence-electron chi connectivity index (χ2n) is 5.89. The van der Waals surface area contributed by atoms with E-state index < -0.39 is 29.6 Å². The lowest BCUT2D eigenvalue weighted by molar-refractivity contribution is -0.123. The number of benzene rings is 2. The number of ether oxygens (including phenoxy) is 1. The molecule has 0 aliphatic carbocycles. The van der Waals surface area contributed by atoms with Crippen LogP contribution in [0.25, 0.3) is 11.3 Å². The molecule has 0 aliphatic heterocycles. The van der Waals surface area contributed by atoms with Gasteiger partial charge in [0.05, 0.1) is 22.9 Å². The number of hydrogen-bond donors (Lipinski definition) is 1. The lowest BCUT2D eigenvalue weighted by Gasteiger charge is -2.12. The summed E-state index contributed by atoms with van der Waals surface area (Å²) in [6.45, 7) is 1.40. The monoisotopic (exact) mass is 413 g/mol. The van der Waals surface area contributed by atoms with Crippen LogP contribution in [-0.2, 0) is 9.53 Å². The Balaban J connectivity index is 1.62. The van der Waals surface area contributed by atoms with Crippen LogP contribution in [0.4, 0.5) is 13.9 Å². The maximum atomic E-state index is 13.4. The summed E-state index contributed by atoms with van der Waals surface area (Å²) in [5, 5.41) is 13.1. The van der Waals surface area contributed by atoms with Crippen molar-refractivity contribution in [2.45, 2.75) is 13.0 Å². The number of hydrogen-bond acceptors (Lipinski definition) is 6. The molecule has 0 fully saturated rings. The zero-order valence-corrected chi connectivity index (χ0v) is 15.8. The molecule has 0 spiro atoms. The van der Waals surface area contributed by atoms with Crippen LogP contribution in [0.3, 0.4) is 0 Å². The highest BCUT2D eigenvalue weighted by Gasteiger charge is 2.20. The lowest BCUT2D eigenvalue weighted by Crippen LogP contribution is -2.29. The van der Waals surface area contributed by atoms with Gasteiger partial charge in [0.25, 0.3) is 5.91 Å². The second-order valence-corrected chi connectivity index (χ2v) is 6.75. The molecule has 0 saturated heterocycles. The van der Waals surface area contributed by atoms with E-state index in [0.717, 1.165) is 23.5 Å². The van der Waals surface area contributed by atoms with Gasteiger partial charge in [0.2, 0.25) is 0 Å². The molecule has 0 bridgehead atoms. The number of carbonyl (C=O) groups is 2. The fourth-order valence-electron chi connectivity index (χ4n) is 2.29. The Morgan fingerprint density at radius 3 is 2.55 bits per heavy atom. The summed E-state index contributed by atoms with van der Waals surface area (Å²) in [5.74, 6) is -3.27. The minimum Gasteiger partial charge on any atom is -0.449 e. The molecular formula is C20H13F2N3O3S. The molecule has 0 saturated carbocycles. The van der Waals surface area contributed by atoms with Crippen LogP contribution in [0.1, 0.15) is 22.8 Å². The minimum absolute atomic E-state index is 0.207. The maximum Gasteiger partial charge on any atom is 0.338 e. The molecule has 0 unspecified atom stereocenters. The summed E-state index contributed by atoms with van der Waals surface area (Å²) in [5.41, 5.74) is 1.33. The number of nitrogens with zero attached hydrogens (tertiary/aromatic N) is 2. The van der Waals surface area contributed by atoms with E-state index in [1.165, 1.54) is 37.3 Å². The normalized spacial score (nSPS) is 11.4. The van der Waals surface area contributed by atoms with Crippen molar-refractivity contribution < 1.29 is 23.1 Å². The van der Waals surface area contributed by atoms with Gasteiger partial charge in [0.15, 0.2) is 22.9 Å². The van der Waals surface area contributed by atoms with Crippen LogP contribution in [0.2, 0.25) is 0 Å². The van der Waals surface area contributed by atoms with Gasteiger partial charge in [-0.1, -0.05) is 0 Å². The smallest absolute Gasteiger partial charge is 0.338 e. The number of nitriles is 1. The molecule has 1 aromatic heterocycles. The first-order chi connectivity index (χ1) is 13.9. The van der Waals surface area contributed by atoms with Crippen molar-refractivity contribution in [3.8, 4) is 17.3 Å². The van der Waals surface area contributed by atoms with Crippen LogP contribution >= 0.6 is 11.3 Å². The molecule has 3 aromatic rings. The van der Waals surface area contributed by atoms with Crippen LogP contribution in [0, 0.1) is 23.0 Å². The van der Waals surface area contributed by atoms with E-state index in [2.05, 4.69) is 10.3 Å². The van der Waals surface area contributed by atoms with Crippen LogP contribution in [0.5, 0.6) is 0 Å². The summed E-state index contributed by atoms with van der Waals surface area (Å²) >= 11 is 1.09. The number of thiazole rings is 1. The Hall–Kier alpha value is -3.64. The lowest BCUT2D eigenvalue weighted by atomic mass is 10.1. The van der Waals surface area contributed by atoms with Crippen molar-refractivity contribution in [2.75, 3.05) is 5.32 Å². The van der Waals surface area contributed by atoms with Gasteiger partial charge in [0.1, 0.15) is 0 Å². The van der Waals surface area contributed by atoms with Gasteiger partial charge in [0, 0.05) is 10.9 Å². The predicted octanol–water partition coefficient (Wildman–Crippen LogP) is 4.14. The molecule has 0 radical (unpaired) electrons. The first kappa shape index (κ1) is 20.1. The Morgan fingerprint density at radius 1 is 1.17 bits per heavy atom. The molecule has 3 rings (SSSR count). The third-order valence-electron chi connectivity index (χ3n) is 3.85. The molecular weight excluding hydrogens is 400 g/mol. The van der Waals surface area contributed by atoms with Gasteiger partial charge in [-0.25, -0.2) is 18.6 Å². The zero-order valence-electron chi connectivity index (χ0n) is 15.0. The van der Waals surface area contributed by atoms with E-state index in [9.17, 15) is 18.4 Å². The molecule has 9 heteroatoms. The minimum atomic E-state index is -1.10.